The third kappa shape index (κ3) is 4.92. The fourth-order valence-corrected chi connectivity index (χ4v) is 5.05. The second-order valence-corrected chi connectivity index (χ2v) is 15.1. The quantitative estimate of drug-likeness (QED) is 0.793. The molecule has 1 aliphatic rings. The Labute approximate surface area is 153 Å². The summed E-state index contributed by atoms with van der Waals surface area (Å²) in [6, 6.07) is 7.09. The van der Waals surface area contributed by atoms with Crippen LogP contribution in [-0.4, -0.2) is 53.3 Å². The molecule has 0 aromatic heterocycles. The first-order valence-electron chi connectivity index (χ1n) is 8.88. The second-order valence-electron chi connectivity index (χ2n) is 8.40. The number of benzene rings is 1. The number of hydrogen-bond acceptors (Lipinski definition) is 4. The second kappa shape index (κ2) is 7.48. The van der Waals surface area contributed by atoms with Crippen molar-refractivity contribution in [3.63, 3.8) is 0 Å². The number of hydrogen-bond donors (Lipinski definition) is 1. The van der Waals surface area contributed by atoms with Crippen molar-refractivity contribution in [1.29, 1.82) is 0 Å². The SMILES string of the molecule is Cc1ccc(S(=O)(=O)N2CCN[C@H](CO[Si](C)(C)C(C)(C)C)C2)cc1. The van der Waals surface area contributed by atoms with Crippen molar-refractivity contribution in [2.24, 2.45) is 0 Å². The summed E-state index contributed by atoms with van der Waals surface area (Å²) in [6.07, 6.45) is 0. The summed E-state index contributed by atoms with van der Waals surface area (Å²) in [5, 5.41) is 3.55. The van der Waals surface area contributed by atoms with E-state index in [0.29, 0.717) is 31.1 Å². The fourth-order valence-electron chi connectivity index (χ4n) is 2.51. The first kappa shape index (κ1) is 20.6. The molecule has 1 aromatic rings. The molecular formula is C18H32N2O3SSi. The lowest BCUT2D eigenvalue weighted by atomic mass is 10.2. The normalized spacial score (nSPS) is 20.6. The maximum atomic E-state index is 12.9. The van der Waals surface area contributed by atoms with E-state index in [4.69, 9.17) is 4.43 Å². The maximum Gasteiger partial charge on any atom is 0.243 e. The Hall–Kier alpha value is -0.733. The Morgan fingerprint density at radius 1 is 1.24 bits per heavy atom. The zero-order chi connectivity index (χ0) is 18.9. The molecule has 1 heterocycles. The van der Waals surface area contributed by atoms with Crippen molar-refractivity contribution in [1.82, 2.24) is 9.62 Å². The molecule has 0 saturated carbocycles. The first-order chi connectivity index (χ1) is 11.4. The van der Waals surface area contributed by atoms with Crippen molar-refractivity contribution in [2.75, 3.05) is 26.2 Å². The molecule has 1 aromatic carbocycles. The van der Waals surface area contributed by atoms with Crippen LogP contribution in [0.25, 0.3) is 0 Å². The smallest absolute Gasteiger partial charge is 0.243 e. The average molecular weight is 385 g/mol. The van der Waals surface area contributed by atoms with Gasteiger partial charge >= 0.3 is 0 Å². The van der Waals surface area contributed by atoms with Gasteiger partial charge in [0.05, 0.1) is 11.5 Å². The van der Waals surface area contributed by atoms with E-state index in [2.05, 4.69) is 39.2 Å². The molecule has 7 heteroatoms. The van der Waals surface area contributed by atoms with Crippen molar-refractivity contribution in [3.05, 3.63) is 29.8 Å². The topological polar surface area (TPSA) is 58.6 Å². The van der Waals surface area contributed by atoms with Crippen molar-refractivity contribution >= 4 is 18.3 Å². The van der Waals surface area contributed by atoms with E-state index in [1.807, 2.05) is 19.1 Å². The van der Waals surface area contributed by atoms with E-state index in [1.54, 1.807) is 16.4 Å². The van der Waals surface area contributed by atoms with E-state index >= 15 is 0 Å². The van der Waals surface area contributed by atoms with Crippen LogP contribution in [0.5, 0.6) is 0 Å². The van der Waals surface area contributed by atoms with Crippen LogP contribution in [0.15, 0.2) is 29.2 Å². The molecule has 0 unspecified atom stereocenters. The van der Waals surface area contributed by atoms with Crippen LogP contribution in [0.4, 0.5) is 0 Å². The molecular weight excluding hydrogens is 352 g/mol. The van der Waals surface area contributed by atoms with Crippen LogP contribution in [0, 0.1) is 6.92 Å². The zero-order valence-corrected chi connectivity index (χ0v) is 18.1. The van der Waals surface area contributed by atoms with Crippen LogP contribution in [-0.2, 0) is 14.4 Å². The summed E-state index contributed by atoms with van der Waals surface area (Å²) in [5.74, 6) is 0. The number of rotatable bonds is 5. The third-order valence-electron chi connectivity index (χ3n) is 5.33. The van der Waals surface area contributed by atoms with E-state index in [1.165, 1.54) is 0 Å². The predicted molar refractivity (Wildman–Crippen MR) is 105 cm³/mol. The number of sulfonamides is 1. The van der Waals surface area contributed by atoms with Crippen molar-refractivity contribution < 1.29 is 12.8 Å². The van der Waals surface area contributed by atoms with Gasteiger partial charge in [-0.1, -0.05) is 38.5 Å². The molecule has 2 rings (SSSR count). The highest BCUT2D eigenvalue weighted by molar-refractivity contribution is 7.89. The molecule has 142 valence electrons. The predicted octanol–water partition coefficient (Wildman–Crippen LogP) is 2.98. The van der Waals surface area contributed by atoms with Gasteiger partial charge < -0.3 is 9.74 Å². The van der Waals surface area contributed by atoms with E-state index in [9.17, 15) is 8.42 Å². The summed E-state index contributed by atoms with van der Waals surface area (Å²) in [7, 11) is -5.28. The Kier molecular flexibility index (Phi) is 6.16. The Morgan fingerprint density at radius 2 is 1.84 bits per heavy atom. The lowest BCUT2D eigenvalue weighted by Gasteiger charge is -2.39. The molecule has 1 atom stereocenters. The molecule has 1 saturated heterocycles. The minimum absolute atomic E-state index is 0.0306. The molecule has 0 amide bonds. The van der Waals surface area contributed by atoms with Gasteiger partial charge in [-0.2, -0.15) is 4.31 Å². The number of piperazine rings is 1. The minimum Gasteiger partial charge on any atom is -0.415 e. The first-order valence-corrected chi connectivity index (χ1v) is 13.2. The van der Waals surface area contributed by atoms with Crippen molar-refractivity contribution in [2.45, 2.75) is 56.8 Å². The fraction of sp³-hybridized carbons (Fsp3) is 0.667. The Morgan fingerprint density at radius 3 is 2.40 bits per heavy atom. The highest BCUT2D eigenvalue weighted by Gasteiger charge is 2.38. The monoisotopic (exact) mass is 384 g/mol. The van der Waals surface area contributed by atoms with Crippen LogP contribution < -0.4 is 5.32 Å². The summed E-state index contributed by atoms with van der Waals surface area (Å²) >= 11 is 0. The summed E-state index contributed by atoms with van der Waals surface area (Å²) < 4.78 is 33.6. The number of nitrogens with one attached hydrogen (secondary N) is 1. The standard InChI is InChI=1S/C18H32N2O3SSi/c1-15-7-9-17(10-8-15)24(21,22)20-12-11-19-16(13-20)14-23-25(5,6)18(2,3)4/h7-10,16,19H,11-14H2,1-6H3/t16-/m0/s1. The lowest BCUT2D eigenvalue weighted by molar-refractivity contribution is 0.198. The summed E-state index contributed by atoms with van der Waals surface area (Å²) in [5.41, 5.74) is 1.06. The van der Waals surface area contributed by atoms with Gasteiger partial charge in [-0.15, -0.1) is 0 Å². The minimum atomic E-state index is -3.44. The van der Waals surface area contributed by atoms with E-state index < -0.39 is 18.3 Å². The van der Waals surface area contributed by atoms with Crippen molar-refractivity contribution in [3.8, 4) is 0 Å². The van der Waals surface area contributed by atoms with Gasteiger partial charge in [-0.25, -0.2) is 8.42 Å². The van der Waals surface area contributed by atoms with Gasteiger partial charge in [0.25, 0.3) is 0 Å². The molecule has 1 fully saturated rings. The summed E-state index contributed by atoms with van der Waals surface area (Å²) in [6.45, 7) is 15.2. The Balaban J connectivity index is 2.04. The van der Waals surface area contributed by atoms with Gasteiger partial charge in [-0.3, -0.25) is 0 Å². The summed E-state index contributed by atoms with van der Waals surface area (Å²) in [4.78, 5) is 0.365. The van der Waals surface area contributed by atoms with Gasteiger partial charge in [0.2, 0.25) is 10.0 Å². The zero-order valence-electron chi connectivity index (χ0n) is 16.3. The van der Waals surface area contributed by atoms with Crippen LogP contribution in [0.3, 0.4) is 0 Å². The molecule has 0 bridgehead atoms. The molecule has 1 N–H and O–H groups in total. The number of nitrogens with zero attached hydrogens (tertiary/aromatic N) is 1. The van der Waals surface area contributed by atoms with Crippen LogP contribution in [0.2, 0.25) is 18.1 Å². The van der Waals surface area contributed by atoms with Gasteiger partial charge in [0.15, 0.2) is 8.32 Å². The number of aryl methyl sites for hydroxylation is 1. The van der Waals surface area contributed by atoms with Crippen LogP contribution in [0.1, 0.15) is 26.3 Å². The molecule has 0 aliphatic carbocycles. The molecule has 25 heavy (non-hydrogen) atoms. The van der Waals surface area contributed by atoms with E-state index in [0.717, 1.165) is 5.56 Å². The largest absolute Gasteiger partial charge is 0.415 e. The van der Waals surface area contributed by atoms with E-state index in [-0.39, 0.29) is 11.1 Å². The lowest BCUT2D eigenvalue weighted by Crippen LogP contribution is -2.55. The third-order valence-corrected chi connectivity index (χ3v) is 11.7. The highest BCUT2D eigenvalue weighted by atomic mass is 32.2. The van der Waals surface area contributed by atoms with Gasteiger partial charge in [-0.05, 0) is 37.2 Å². The average Bonchev–Trinajstić information content (AvgIpc) is 2.53. The molecule has 0 radical (unpaired) electrons. The molecule has 0 spiro atoms. The van der Waals surface area contributed by atoms with Crippen LogP contribution >= 0.6 is 0 Å². The van der Waals surface area contributed by atoms with Gasteiger partial charge in [0.1, 0.15) is 0 Å². The maximum absolute atomic E-state index is 12.9. The van der Waals surface area contributed by atoms with Gasteiger partial charge in [0, 0.05) is 25.7 Å². The Bertz CT molecular complexity index is 681. The molecule has 1 aliphatic heterocycles. The highest BCUT2D eigenvalue weighted by Crippen LogP contribution is 2.36. The molecule has 5 nitrogen and oxygen atoms in total.